The summed E-state index contributed by atoms with van der Waals surface area (Å²) >= 11 is 0. The van der Waals surface area contributed by atoms with Crippen LogP contribution in [0.2, 0.25) is 0 Å². The van der Waals surface area contributed by atoms with Crippen LogP contribution in [0.4, 0.5) is 0 Å². The Labute approximate surface area is 133 Å². The fourth-order valence-electron chi connectivity index (χ4n) is 2.23. The Hall–Kier alpha value is -2.17. The summed E-state index contributed by atoms with van der Waals surface area (Å²) in [5.74, 6) is 2.34. The fraction of sp³-hybridized carbons (Fsp3) is 0.471. The zero-order valence-electron chi connectivity index (χ0n) is 14.1. The van der Waals surface area contributed by atoms with Gasteiger partial charge in [-0.25, -0.2) is 0 Å². The molecule has 0 saturated heterocycles. The molecule has 0 heterocycles. The SMILES string of the molecule is C=CCCCN(C)C(=NC)NCc1cccc(OC)c1OC. The minimum atomic E-state index is 0.624. The van der Waals surface area contributed by atoms with Gasteiger partial charge in [0, 0.05) is 32.7 Å². The van der Waals surface area contributed by atoms with Crippen LogP contribution in [0.25, 0.3) is 0 Å². The van der Waals surface area contributed by atoms with Crippen LogP contribution in [0.5, 0.6) is 11.5 Å². The molecular weight excluding hydrogens is 278 g/mol. The number of para-hydroxylation sites is 1. The zero-order chi connectivity index (χ0) is 16.4. The monoisotopic (exact) mass is 305 g/mol. The number of hydrogen-bond donors (Lipinski definition) is 1. The van der Waals surface area contributed by atoms with Gasteiger partial charge in [0.1, 0.15) is 0 Å². The molecule has 1 aromatic carbocycles. The average Bonchev–Trinajstić information content (AvgIpc) is 2.55. The van der Waals surface area contributed by atoms with Crippen molar-refractivity contribution in [2.75, 3.05) is 34.9 Å². The van der Waals surface area contributed by atoms with E-state index in [0.717, 1.165) is 42.4 Å². The third-order valence-electron chi connectivity index (χ3n) is 3.40. The lowest BCUT2D eigenvalue weighted by atomic mass is 10.2. The second-order valence-electron chi connectivity index (χ2n) is 4.91. The van der Waals surface area contributed by atoms with E-state index in [4.69, 9.17) is 9.47 Å². The van der Waals surface area contributed by atoms with E-state index in [1.54, 1.807) is 21.3 Å². The van der Waals surface area contributed by atoms with Crippen molar-refractivity contribution >= 4 is 5.96 Å². The molecule has 0 bridgehead atoms. The predicted octanol–water partition coefficient (Wildman–Crippen LogP) is 2.68. The first-order chi connectivity index (χ1) is 10.7. The van der Waals surface area contributed by atoms with Gasteiger partial charge >= 0.3 is 0 Å². The lowest BCUT2D eigenvalue weighted by Gasteiger charge is -2.22. The van der Waals surface area contributed by atoms with Crippen molar-refractivity contribution in [2.24, 2.45) is 4.99 Å². The summed E-state index contributed by atoms with van der Waals surface area (Å²) in [7, 11) is 7.11. The van der Waals surface area contributed by atoms with E-state index in [2.05, 4.69) is 21.8 Å². The van der Waals surface area contributed by atoms with Gasteiger partial charge in [-0.15, -0.1) is 6.58 Å². The van der Waals surface area contributed by atoms with E-state index in [9.17, 15) is 0 Å². The van der Waals surface area contributed by atoms with Crippen molar-refractivity contribution in [1.82, 2.24) is 10.2 Å². The maximum atomic E-state index is 5.44. The summed E-state index contributed by atoms with van der Waals surface area (Å²) in [6.45, 7) is 5.30. The second-order valence-corrected chi connectivity index (χ2v) is 4.91. The van der Waals surface area contributed by atoms with Crippen molar-refractivity contribution in [2.45, 2.75) is 19.4 Å². The Morgan fingerprint density at radius 3 is 2.73 bits per heavy atom. The highest BCUT2D eigenvalue weighted by atomic mass is 16.5. The first-order valence-electron chi connectivity index (χ1n) is 7.40. The number of allylic oxidation sites excluding steroid dienone is 1. The van der Waals surface area contributed by atoms with Gasteiger partial charge in [-0.2, -0.15) is 0 Å². The minimum Gasteiger partial charge on any atom is -0.493 e. The van der Waals surface area contributed by atoms with Gasteiger partial charge in [0.05, 0.1) is 14.2 Å². The van der Waals surface area contributed by atoms with E-state index < -0.39 is 0 Å². The van der Waals surface area contributed by atoms with Gasteiger partial charge in [-0.1, -0.05) is 18.2 Å². The number of methoxy groups -OCH3 is 2. The number of unbranched alkanes of at least 4 members (excludes halogenated alkanes) is 1. The lowest BCUT2D eigenvalue weighted by molar-refractivity contribution is 0.351. The van der Waals surface area contributed by atoms with Gasteiger partial charge in [-0.3, -0.25) is 4.99 Å². The molecule has 0 radical (unpaired) electrons. The average molecular weight is 305 g/mol. The molecule has 0 aliphatic rings. The molecule has 0 spiro atoms. The van der Waals surface area contributed by atoms with Gasteiger partial charge in [0.25, 0.3) is 0 Å². The van der Waals surface area contributed by atoms with E-state index in [1.807, 2.05) is 31.3 Å². The van der Waals surface area contributed by atoms with E-state index in [1.165, 1.54) is 0 Å². The quantitative estimate of drug-likeness (QED) is 0.347. The fourth-order valence-corrected chi connectivity index (χ4v) is 2.23. The number of guanidine groups is 1. The van der Waals surface area contributed by atoms with Gasteiger partial charge in [-0.05, 0) is 18.9 Å². The molecule has 0 aromatic heterocycles. The first-order valence-corrected chi connectivity index (χ1v) is 7.40. The molecule has 1 rings (SSSR count). The molecule has 0 unspecified atom stereocenters. The van der Waals surface area contributed by atoms with Crippen LogP contribution < -0.4 is 14.8 Å². The number of benzene rings is 1. The van der Waals surface area contributed by atoms with Gasteiger partial charge < -0.3 is 19.7 Å². The summed E-state index contributed by atoms with van der Waals surface area (Å²) in [5, 5.41) is 3.35. The first kappa shape index (κ1) is 17.9. The highest BCUT2D eigenvalue weighted by Gasteiger charge is 2.11. The van der Waals surface area contributed by atoms with Crippen molar-refractivity contribution in [3.63, 3.8) is 0 Å². The topological polar surface area (TPSA) is 46.1 Å². The Kier molecular flexibility index (Phi) is 7.89. The van der Waals surface area contributed by atoms with Crippen LogP contribution in [-0.4, -0.2) is 45.7 Å². The molecule has 122 valence electrons. The Morgan fingerprint density at radius 1 is 1.36 bits per heavy atom. The van der Waals surface area contributed by atoms with Crippen LogP contribution in [0.1, 0.15) is 18.4 Å². The highest BCUT2D eigenvalue weighted by Crippen LogP contribution is 2.30. The van der Waals surface area contributed by atoms with Gasteiger partial charge in [0.2, 0.25) is 0 Å². The highest BCUT2D eigenvalue weighted by molar-refractivity contribution is 5.79. The molecular formula is C17H27N3O2. The summed E-state index contributed by atoms with van der Waals surface area (Å²) in [5.41, 5.74) is 1.03. The molecule has 0 fully saturated rings. The summed E-state index contributed by atoms with van der Waals surface area (Å²) < 4.78 is 10.8. The minimum absolute atomic E-state index is 0.624. The maximum absolute atomic E-state index is 5.44. The standard InChI is InChI=1S/C17H27N3O2/c1-6-7-8-12-20(3)17(18-2)19-13-14-10-9-11-15(21-4)16(14)22-5/h6,9-11H,1,7-8,12-13H2,2-5H3,(H,18,19). The normalized spacial score (nSPS) is 11.0. The van der Waals surface area contributed by atoms with Crippen LogP contribution in [-0.2, 0) is 6.54 Å². The molecule has 0 aliphatic heterocycles. The maximum Gasteiger partial charge on any atom is 0.193 e. The van der Waals surface area contributed by atoms with Crippen LogP contribution in [0.15, 0.2) is 35.8 Å². The van der Waals surface area contributed by atoms with Gasteiger partial charge in [0.15, 0.2) is 17.5 Å². The number of rotatable bonds is 8. The van der Waals surface area contributed by atoms with Crippen LogP contribution in [0, 0.1) is 0 Å². The molecule has 1 N–H and O–H groups in total. The van der Waals surface area contributed by atoms with Crippen molar-refractivity contribution in [1.29, 1.82) is 0 Å². The Bertz CT molecular complexity index is 501. The van der Waals surface area contributed by atoms with E-state index >= 15 is 0 Å². The summed E-state index contributed by atoms with van der Waals surface area (Å²) in [6, 6.07) is 5.85. The molecule has 5 nitrogen and oxygen atoms in total. The number of nitrogens with one attached hydrogen (secondary N) is 1. The lowest BCUT2D eigenvalue weighted by Crippen LogP contribution is -2.39. The third-order valence-corrected chi connectivity index (χ3v) is 3.40. The smallest absolute Gasteiger partial charge is 0.193 e. The summed E-state index contributed by atoms with van der Waals surface area (Å²) in [6.07, 6.45) is 4.00. The van der Waals surface area contributed by atoms with Crippen LogP contribution in [0.3, 0.4) is 0 Å². The number of ether oxygens (including phenoxy) is 2. The number of hydrogen-bond acceptors (Lipinski definition) is 3. The molecule has 0 saturated carbocycles. The van der Waals surface area contributed by atoms with E-state index in [-0.39, 0.29) is 0 Å². The molecule has 0 amide bonds. The van der Waals surface area contributed by atoms with Crippen LogP contribution >= 0.6 is 0 Å². The molecule has 1 aromatic rings. The summed E-state index contributed by atoms with van der Waals surface area (Å²) in [4.78, 5) is 6.42. The molecule has 0 atom stereocenters. The largest absolute Gasteiger partial charge is 0.493 e. The third kappa shape index (κ3) is 4.98. The molecule has 5 heteroatoms. The van der Waals surface area contributed by atoms with E-state index in [0.29, 0.717) is 6.54 Å². The Morgan fingerprint density at radius 2 is 2.14 bits per heavy atom. The number of nitrogens with zero attached hydrogens (tertiary/aromatic N) is 2. The molecule has 22 heavy (non-hydrogen) atoms. The van der Waals surface area contributed by atoms with Crippen molar-refractivity contribution in [3.8, 4) is 11.5 Å². The zero-order valence-corrected chi connectivity index (χ0v) is 14.1. The molecule has 0 aliphatic carbocycles. The van der Waals surface area contributed by atoms with Crippen molar-refractivity contribution in [3.05, 3.63) is 36.4 Å². The Balaban J connectivity index is 2.69. The number of aliphatic imine (C=N–C) groups is 1. The second kappa shape index (κ2) is 9.71. The predicted molar refractivity (Wildman–Crippen MR) is 91.8 cm³/mol. The van der Waals surface area contributed by atoms with Crippen molar-refractivity contribution < 1.29 is 9.47 Å².